The lowest BCUT2D eigenvalue weighted by Gasteiger charge is -2.35. The molecule has 31 heavy (non-hydrogen) atoms. The molecule has 3 aromatic heterocycles. The van der Waals surface area contributed by atoms with E-state index in [1.807, 2.05) is 12.1 Å². The number of benzene rings is 1. The third kappa shape index (κ3) is 3.89. The smallest absolute Gasteiger partial charge is 0.274 e. The van der Waals surface area contributed by atoms with Gasteiger partial charge in [-0.1, -0.05) is 0 Å². The first-order valence-electron chi connectivity index (χ1n) is 9.89. The maximum Gasteiger partial charge on any atom is 0.274 e. The Morgan fingerprint density at radius 3 is 2.58 bits per heavy atom. The number of aromatic nitrogens is 4. The minimum absolute atomic E-state index is 0.122. The first-order valence-corrected chi connectivity index (χ1v) is 9.89. The third-order valence-electron chi connectivity index (χ3n) is 5.27. The summed E-state index contributed by atoms with van der Waals surface area (Å²) in [4.78, 5) is 25.4. The summed E-state index contributed by atoms with van der Waals surface area (Å²) in [6.45, 7) is 2.39. The molecule has 4 aromatic rings. The fraction of sp³-hybridized carbons (Fsp3) is 0.182. The molecule has 1 N–H and O–H groups in total. The highest BCUT2D eigenvalue weighted by Gasteiger charge is 2.25. The molecule has 0 bridgehead atoms. The number of aromatic amines is 1. The second-order valence-electron chi connectivity index (χ2n) is 7.19. The number of furan rings is 1. The van der Waals surface area contributed by atoms with E-state index in [1.54, 1.807) is 35.4 Å². The molecule has 0 atom stereocenters. The summed E-state index contributed by atoms with van der Waals surface area (Å²) < 4.78 is 18.5. The highest BCUT2D eigenvalue weighted by molar-refractivity contribution is 5.93. The molecule has 0 radical (unpaired) electrons. The third-order valence-corrected chi connectivity index (χ3v) is 5.27. The summed E-state index contributed by atoms with van der Waals surface area (Å²) >= 11 is 0. The van der Waals surface area contributed by atoms with Gasteiger partial charge in [0.2, 0.25) is 0 Å². The van der Waals surface area contributed by atoms with Crippen molar-refractivity contribution in [3.63, 3.8) is 0 Å². The van der Waals surface area contributed by atoms with Gasteiger partial charge in [0.05, 0.1) is 12.0 Å². The topological polar surface area (TPSA) is 91.2 Å². The molecule has 9 heteroatoms. The van der Waals surface area contributed by atoms with Gasteiger partial charge in [0.25, 0.3) is 5.91 Å². The molecule has 1 saturated heterocycles. The van der Waals surface area contributed by atoms with Crippen LogP contribution in [-0.4, -0.2) is 57.2 Å². The maximum absolute atomic E-state index is 13.2. The summed E-state index contributed by atoms with van der Waals surface area (Å²) in [5.41, 5.74) is 2.58. The van der Waals surface area contributed by atoms with Crippen molar-refractivity contribution < 1.29 is 13.6 Å². The van der Waals surface area contributed by atoms with Crippen LogP contribution in [0.1, 0.15) is 10.5 Å². The van der Waals surface area contributed by atoms with Crippen molar-refractivity contribution in [3.8, 4) is 22.7 Å². The van der Waals surface area contributed by atoms with Crippen LogP contribution in [0.2, 0.25) is 0 Å². The Balaban J connectivity index is 1.25. The molecule has 5 rings (SSSR count). The maximum atomic E-state index is 13.2. The van der Waals surface area contributed by atoms with Crippen LogP contribution in [0.4, 0.5) is 10.2 Å². The van der Waals surface area contributed by atoms with Gasteiger partial charge in [0.1, 0.15) is 23.7 Å². The number of carbonyl (C=O) groups is 1. The summed E-state index contributed by atoms with van der Waals surface area (Å²) in [5, 5.41) is 6.98. The van der Waals surface area contributed by atoms with E-state index in [-0.39, 0.29) is 11.7 Å². The fourth-order valence-electron chi connectivity index (χ4n) is 3.59. The number of rotatable bonds is 4. The van der Waals surface area contributed by atoms with Gasteiger partial charge in [-0.05, 0) is 36.4 Å². The van der Waals surface area contributed by atoms with Crippen LogP contribution < -0.4 is 4.90 Å². The Kier molecular flexibility index (Phi) is 4.91. The van der Waals surface area contributed by atoms with Gasteiger partial charge in [-0.25, -0.2) is 14.4 Å². The Hall–Kier alpha value is -4.01. The molecule has 1 aliphatic heterocycles. The summed E-state index contributed by atoms with van der Waals surface area (Å²) in [6, 6.07) is 13.4. The van der Waals surface area contributed by atoms with Gasteiger partial charge < -0.3 is 14.2 Å². The van der Waals surface area contributed by atoms with Gasteiger partial charge in [-0.2, -0.15) is 5.10 Å². The average molecular weight is 418 g/mol. The van der Waals surface area contributed by atoms with Crippen molar-refractivity contribution in [2.24, 2.45) is 0 Å². The van der Waals surface area contributed by atoms with Crippen molar-refractivity contribution in [2.75, 3.05) is 31.1 Å². The zero-order chi connectivity index (χ0) is 21.2. The van der Waals surface area contributed by atoms with Crippen molar-refractivity contribution in [3.05, 3.63) is 72.6 Å². The van der Waals surface area contributed by atoms with Crippen LogP contribution in [0.15, 0.2) is 65.5 Å². The van der Waals surface area contributed by atoms with Gasteiger partial charge in [-0.15, -0.1) is 0 Å². The molecule has 1 aliphatic rings. The average Bonchev–Trinajstić information content (AvgIpc) is 3.51. The van der Waals surface area contributed by atoms with Crippen molar-refractivity contribution >= 4 is 11.7 Å². The molecule has 1 fully saturated rings. The number of carbonyl (C=O) groups excluding carboxylic acids is 1. The lowest BCUT2D eigenvalue weighted by Crippen LogP contribution is -2.49. The summed E-state index contributed by atoms with van der Waals surface area (Å²) in [6.07, 6.45) is 3.08. The van der Waals surface area contributed by atoms with Crippen LogP contribution in [0.3, 0.4) is 0 Å². The van der Waals surface area contributed by atoms with E-state index in [9.17, 15) is 9.18 Å². The Morgan fingerprint density at radius 2 is 1.84 bits per heavy atom. The number of halogens is 1. The number of anilines is 1. The summed E-state index contributed by atoms with van der Waals surface area (Å²) in [7, 11) is 0. The lowest BCUT2D eigenvalue weighted by atomic mass is 10.1. The minimum atomic E-state index is -0.285. The number of amides is 1. The van der Waals surface area contributed by atoms with Crippen LogP contribution in [0, 0.1) is 5.82 Å². The number of nitrogens with zero attached hydrogens (tertiary/aromatic N) is 5. The standard InChI is InChI=1S/C22H19FN6O2/c23-16-5-3-15(4-6-16)17-13-21(25-14-24-17)28-7-9-29(10-8-28)22(30)19-12-18(26-27-19)20-2-1-11-31-20/h1-6,11-14H,7-10H2,(H,26,27). The molecule has 156 valence electrons. The zero-order valence-electron chi connectivity index (χ0n) is 16.5. The molecule has 0 saturated carbocycles. The van der Waals surface area contributed by atoms with Crippen molar-refractivity contribution in [2.45, 2.75) is 0 Å². The largest absolute Gasteiger partial charge is 0.463 e. The highest BCUT2D eigenvalue weighted by atomic mass is 19.1. The molecule has 4 heterocycles. The molecular weight excluding hydrogens is 399 g/mol. The molecule has 1 aromatic carbocycles. The first-order chi connectivity index (χ1) is 15.2. The normalized spacial score (nSPS) is 14.1. The van der Waals surface area contributed by atoms with E-state index in [1.165, 1.54) is 18.5 Å². The van der Waals surface area contributed by atoms with Crippen molar-refractivity contribution in [1.29, 1.82) is 0 Å². The van der Waals surface area contributed by atoms with Gasteiger partial charge in [0.15, 0.2) is 11.5 Å². The number of nitrogens with one attached hydrogen (secondary N) is 1. The Labute approximate surface area is 177 Å². The van der Waals surface area contributed by atoms with E-state index in [4.69, 9.17) is 4.42 Å². The molecule has 0 aliphatic carbocycles. The molecular formula is C22H19FN6O2. The number of hydrogen-bond donors (Lipinski definition) is 1. The lowest BCUT2D eigenvalue weighted by molar-refractivity contribution is 0.0740. The molecule has 8 nitrogen and oxygen atoms in total. The van der Waals surface area contributed by atoms with Gasteiger partial charge in [0, 0.05) is 43.9 Å². The number of hydrogen-bond acceptors (Lipinski definition) is 6. The van der Waals surface area contributed by atoms with E-state index in [2.05, 4.69) is 25.1 Å². The number of H-pyrrole nitrogens is 1. The van der Waals surface area contributed by atoms with E-state index < -0.39 is 0 Å². The monoisotopic (exact) mass is 418 g/mol. The molecule has 1 amide bonds. The zero-order valence-corrected chi connectivity index (χ0v) is 16.5. The first kappa shape index (κ1) is 19.0. The van der Waals surface area contributed by atoms with E-state index in [0.717, 1.165) is 17.1 Å². The van der Waals surface area contributed by atoms with E-state index >= 15 is 0 Å². The second-order valence-corrected chi connectivity index (χ2v) is 7.19. The van der Waals surface area contributed by atoms with Crippen LogP contribution >= 0.6 is 0 Å². The minimum Gasteiger partial charge on any atom is -0.463 e. The molecule has 0 spiro atoms. The van der Waals surface area contributed by atoms with Crippen LogP contribution in [0.5, 0.6) is 0 Å². The Bertz CT molecular complexity index is 1180. The van der Waals surface area contributed by atoms with Crippen LogP contribution in [0.25, 0.3) is 22.7 Å². The second kappa shape index (κ2) is 8.02. The quantitative estimate of drug-likeness (QED) is 0.547. The SMILES string of the molecule is O=C(c1cc(-c2ccco2)[nH]n1)N1CCN(c2cc(-c3ccc(F)cc3)ncn2)CC1. The van der Waals surface area contributed by atoms with Crippen molar-refractivity contribution in [1.82, 2.24) is 25.1 Å². The van der Waals surface area contributed by atoms with Gasteiger partial charge >= 0.3 is 0 Å². The fourth-order valence-corrected chi connectivity index (χ4v) is 3.59. The highest BCUT2D eigenvalue weighted by Crippen LogP contribution is 2.23. The van der Waals surface area contributed by atoms with Gasteiger partial charge in [-0.3, -0.25) is 9.89 Å². The molecule has 0 unspecified atom stereocenters. The predicted molar refractivity (Wildman–Crippen MR) is 112 cm³/mol. The number of piperazine rings is 1. The Morgan fingerprint density at radius 1 is 1.03 bits per heavy atom. The summed E-state index contributed by atoms with van der Waals surface area (Å²) in [5.74, 6) is 1.01. The van der Waals surface area contributed by atoms with Crippen LogP contribution in [-0.2, 0) is 0 Å². The van der Waals surface area contributed by atoms with E-state index in [0.29, 0.717) is 43.3 Å². The predicted octanol–water partition coefficient (Wildman–Crippen LogP) is 3.23.